The summed E-state index contributed by atoms with van der Waals surface area (Å²) in [7, 11) is 1.99. The summed E-state index contributed by atoms with van der Waals surface area (Å²) in [6, 6.07) is 22.9. The first kappa shape index (κ1) is 18.4. The summed E-state index contributed by atoms with van der Waals surface area (Å²) >= 11 is 0. The minimum absolute atomic E-state index is 0.104. The minimum atomic E-state index is 0.104. The number of amides is 1. The lowest BCUT2D eigenvalue weighted by Crippen LogP contribution is -2.56. The van der Waals surface area contributed by atoms with Crippen LogP contribution in [0.4, 0.5) is 0 Å². The Bertz CT molecular complexity index is 1080. The van der Waals surface area contributed by atoms with Crippen LogP contribution < -0.4 is 0 Å². The third-order valence-electron chi connectivity index (χ3n) is 7.44. The molecule has 29 heavy (non-hydrogen) atoms. The van der Waals surface area contributed by atoms with Gasteiger partial charge in [0.25, 0.3) is 0 Å². The molecule has 2 atom stereocenters. The maximum absolute atomic E-state index is 12.2. The Morgan fingerprint density at radius 3 is 2.48 bits per heavy atom. The molecule has 2 aliphatic rings. The van der Waals surface area contributed by atoms with Crippen LogP contribution in [0, 0.1) is 0 Å². The first-order chi connectivity index (χ1) is 14.0. The van der Waals surface area contributed by atoms with E-state index in [-0.39, 0.29) is 5.41 Å². The largest absolute Gasteiger partial charge is 0.342 e. The van der Waals surface area contributed by atoms with E-state index in [1.807, 2.05) is 11.9 Å². The third-order valence-corrected chi connectivity index (χ3v) is 7.44. The van der Waals surface area contributed by atoms with Gasteiger partial charge in [0.05, 0.1) is 0 Å². The van der Waals surface area contributed by atoms with Crippen LogP contribution in [0.5, 0.6) is 0 Å². The highest BCUT2D eigenvalue weighted by Crippen LogP contribution is 2.45. The maximum atomic E-state index is 12.2. The summed E-state index contributed by atoms with van der Waals surface area (Å²) in [6.07, 6.45) is 5.96. The molecule has 3 aromatic carbocycles. The molecule has 1 fully saturated rings. The molecule has 1 unspecified atom stereocenters. The van der Waals surface area contributed by atoms with Gasteiger partial charge in [0.1, 0.15) is 0 Å². The second-order valence-corrected chi connectivity index (χ2v) is 9.15. The fraction of sp³-hybridized carbons (Fsp3) is 0.370. The van der Waals surface area contributed by atoms with Crippen molar-refractivity contribution in [1.29, 1.82) is 0 Å². The van der Waals surface area contributed by atoms with Crippen molar-refractivity contribution < 1.29 is 4.79 Å². The molecule has 2 nitrogen and oxygen atoms in total. The van der Waals surface area contributed by atoms with Gasteiger partial charge in [-0.2, -0.15) is 0 Å². The fourth-order valence-corrected chi connectivity index (χ4v) is 5.68. The lowest BCUT2D eigenvalue weighted by Gasteiger charge is -2.50. The molecule has 2 heteroatoms. The molecule has 5 rings (SSSR count). The number of likely N-dealkylation sites (tertiary alicyclic amines) is 1. The molecule has 0 radical (unpaired) electrons. The van der Waals surface area contributed by atoms with Crippen molar-refractivity contribution >= 4 is 16.7 Å². The number of rotatable bonds is 3. The van der Waals surface area contributed by atoms with Crippen LogP contribution in [0.1, 0.15) is 48.4 Å². The van der Waals surface area contributed by atoms with Crippen molar-refractivity contribution in [3.8, 4) is 0 Å². The monoisotopic (exact) mass is 383 g/mol. The number of carbonyl (C=O) groups excluding carboxylic acids is 1. The smallest absolute Gasteiger partial charge is 0.222 e. The van der Waals surface area contributed by atoms with Crippen LogP contribution in [0.25, 0.3) is 10.8 Å². The van der Waals surface area contributed by atoms with Gasteiger partial charge in [-0.1, -0.05) is 67.6 Å². The SMILES string of the molecule is CN1C(=O)CC[C@]2(C)c3ccc(CCc4ccc5ccccc5c4)cc3CCC12. The number of likely N-dealkylation sites (N-methyl/N-ethyl adjacent to an activating group) is 1. The molecule has 3 aromatic rings. The third kappa shape index (κ3) is 3.15. The van der Waals surface area contributed by atoms with E-state index in [0.29, 0.717) is 18.4 Å². The molecule has 0 spiro atoms. The molecule has 1 aliphatic heterocycles. The number of hydrogen-bond acceptors (Lipinski definition) is 1. The van der Waals surface area contributed by atoms with E-state index >= 15 is 0 Å². The molecule has 0 saturated carbocycles. The van der Waals surface area contributed by atoms with Crippen molar-refractivity contribution in [1.82, 2.24) is 4.90 Å². The van der Waals surface area contributed by atoms with Crippen LogP contribution in [0.2, 0.25) is 0 Å². The number of carbonyl (C=O) groups is 1. The standard InChI is InChI=1S/C27H29NO/c1-27-16-15-26(29)28(2)25(27)14-12-23-18-20(10-13-24(23)27)8-7-19-9-11-21-5-3-4-6-22(21)17-19/h3-6,9-11,13,17-18,25H,7-8,12,14-16H2,1-2H3/t25?,27-/m1/s1. The highest BCUT2D eigenvalue weighted by atomic mass is 16.2. The minimum Gasteiger partial charge on any atom is -0.342 e. The van der Waals surface area contributed by atoms with Crippen LogP contribution in [0.3, 0.4) is 0 Å². The van der Waals surface area contributed by atoms with Crippen molar-refractivity contribution in [2.75, 3.05) is 7.05 Å². The highest BCUT2D eigenvalue weighted by molar-refractivity contribution is 5.83. The summed E-state index contributed by atoms with van der Waals surface area (Å²) in [6.45, 7) is 2.37. The van der Waals surface area contributed by atoms with Crippen LogP contribution in [0.15, 0.2) is 60.7 Å². The average molecular weight is 384 g/mol. The molecule has 0 bridgehead atoms. The van der Waals surface area contributed by atoms with Gasteiger partial charge in [0, 0.05) is 24.9 Å². The number of piperidine rings is 1. The van der Waals surface area contributed by atoms with E-state index in [1.54, 1.807) is 0 Å². The zero-order chi connectivity index (χ0) is 20.0. The molecule has 0 N–H and O–H groups in total. The van der Waals surface area contributed by atoms with E-state index in [2.05, 4.69) is 67.6 Å². The summed E-state index contributed by atoms with van der Waals surface area (Å²) in [5, 5.41) is 2.63. The lowest BCUT2D eigenvalue weighted by atomic mass is 9.63. The Balaban J connectivity index is 1.36. The van der Waals surface area contributed by atoms with Gasteiger partial charge in [0.2, 0.25) is 5.91 Å². The molecule has 1 amide bonds. The van der Waals surface area contributed by atoms with Gasteiger partial charge in [-0.3, -0.25) is 4.79 Å². The number of hydrogen-bond donors (Lipinski definition) is 0. The Kier molecular flexibility index (Phi) is 4.46. The number of nitrogens with zero attached hydrogens (tertiary/aromatic N) is 1. The molecule has 1 heterocycles. The van der Waals surface area contributed by atoms with Crippen molar-refractivity contribution in [2.45, 2.75) is 56.9 Å². The van der Waals surface area contributed by atoms with Gasteiger partial charge >= 0.3 is 0 Å². The van der Waals surface area contributed by atoms with Gasteiger partial charge in [-0.15, -0.1) is 0 Å². The van der Waals surface area contributed by atoms with Gasteiger partial charge in [-0.05, 0) is 65.1 Å². The zero-order valence-corrected chi connectivity index (χ0v) is 17.4. The second kappa shape index (κ2) is 7.02. The molecule has 1 saturated heterocycles. The Hall–Kier alpha value is -2.61. The summed E-state index contributed by atoms with van der Waals surface area (Å²) in [5.41, 5.74) is 5.91. The maximum Gasteiger partial charge on any atom is 0.222 e. The Labute approximate surface area is 173 Å². The van der Waals surface area contributed by atoms with Gasteiger partial charge in [-0.25, -0.2) is 0 Å². The van der Waals surface area contributed by atoms with Crippen LogP contribution in [-0.2, 0) is 29.5 Å². The predicted octanol–water partition coefficient (Wildman–Crippen LogP) is 5.45. The molecular weight excluding hydrogens is 354 g/mol. The lowest BCUT2D eigenvalue weighted by molar-refractivity contribution is -0.138. The summed E-state index contributed by atoms with van der Waals surface area (Å²) in [5.74, 6) is 0.308. The highest BCUT2D eigenvalue weighted by Gasteiger charge is 2.46. The Morgan fingerprint density at radius 1 is 0.931 bits per heavy atom. The Morgan fingerprint density at radius 2 is 1.66 bits per heavy atom. The van der Waals surface area contributed by atoms with E-state index < -0.39 is 0 Å². The topological polar surface area (TPSA) is 20.3 Å². The molecule has 1 aliphatic carbocycles. The van der Waals surface area contributed by atoms with E-state index in [0.717, 1.165) is 32.1 Å². The predicted molar refractivity (Wildman–Crippen MR) is 119 cm³/mol. The summed E-state index contributed by atoms with van der Waals surface area (Å²) < 4.78 is 0. The van der Waals surface area contributed by atoms with Gasteiger partial charge < -0.3 is 4.90 Å². The van der Waals surface area contributed by atoms with Crippen molar-refractivity contribution in [3.05, 3.63) is 82.9 Å². The van der Waals surface area contributed by atoms with E-state index in [1.165, 1.54) is 33.0 Å². The average Bonchev–Trinajstić information content (AvgIpc) is 2.75. The first-order valence-electron chi connectivity index (χ1n) is 10.9. The quantitative estimate of drug-likeness (QED) is 0.589. The normalized spacial score (nSPS) is 23.7. The molecule has 148 valence electrons. The zero-order valence-electron chi connectivity index (χ0n) is 17.4. The summed E-state index contributed by atoms with van der Waals surface area (Å²) in [4.78, 5) is 14.2. The van der Waals surface area contributed by atoms with E-state index in [9.17, 15) is 4.79 Å². The van der Waals surface area contributed by atoms with E-state index in [4.69, 9.17) is 0 Å². The van der Waals surface area contributed by atoms with Crippen molar-refractivity contribution in [2.24, 2.45) is 0 Å². The van der Waals surface area contributed by atoms with Crippen molar-refractivity contribution in [3.63, 3.8) is 0 Å². The fourth-order valence-electron chi connectivity index (χ4n) is 5.68. The second-order valence-electron chi connectivity index (χ2n) is 9.15. The number of benzene rings is 3. The number of fused-ring (bicyclic) bond motifs is 4. The van der Waals surface area contributed by atoms with Gasteiger partial charge in [0.15, 0.2) is 0 Å². The molecular formula is C27H29NO. The molecule has 0 aromatic heterocycles. The first-order valence-corrected chi connectivity index (χ1v) is 10.9. The number of aryl methyl sites for hydroxylation is 3. The van der Waals surface area contributed by atoms with Crippen LogP contribution >= 0.6 is 0 Å². The van der Waals surface area contributed by atoms with Crippen LogP contribution in [-0.4, -0.2) is 23.9 Å².